The highest BCUT2D eigenvalue weighted by atomic mass is 19.1. The van der Waals surface area contributed by atoms with Gasteiger partial charge in [-0.3, -0.25) is 9.78 Å². The second-order valence-electron chi connectivity index (χ2n) is 4.22. The summed E-state index contributed by atoms with van der Waals surface area (Å²) in [4.78, 5) is 19.6. The van der Waals surface area contributed by atoms with Gasteiger partial charge in [-0.25, -0.2) is 4.98 Å². The van der Waals surface area contributed by atoms with E-state index < -0.39 is 5.95 Å². The van der Waals surface area contributed by atoms with Crippen LogP contribution in [0.1, 0.15) is 10.4 Å². The lowest BCUT2D eigenvalue weighted by atomic mass is 10.1. The zero-order chi connectivity index (χ0) is 13.9. The molecule has 0 radical (unpaired) electrons. The maximum Gasteiger partial charge on any atom is 0.255 e. The van der Waals surface area contributed by atoms with Gasteiger partial charge in [0.15, 0.2) is 0 Å². The molecule has 0 bridgehead atoms. The molecule has 1 amide bonds. The van der Waals surface area contributed by atoms with Gasteiger partial charge in [0.1, 0.15) is 0 Å². The second-order valence-corrected chi connectivity index (χ2v) is 4.22. The van der Waals surface area contributed by atoms with Crippen LogP contribution >= 0.6 is 0 Å². The number of aromatic nitrogens is 2. The number of anilines is 1. The molecule has 0 spiro atoms. The van der Waals surface area contributed by atoms with Gasteiger partial charge < -0.3 is 5.32 Å². The number of hydrogen-bond donors (Lipinski definition) is 1. The summed E-state index contributed by atoms with van der Waals surface area (Å²) in [7, 11) is 0. The fourth-order valence-electron chi connectivity index (χ4n) is 1.96. The summed E-state index contributed by atoms with van der Waals surface area (Å²) in [5.74, 6) is -1.07. The maximum absolute atomic E-state index is 13.0. The van der Waals surface area contributed by atoms with Crippen LogP contribution in [0.15, 0.2) is 55.0 Å². The lowest BCUT2D eigenvalue weighted by Crippen LogP contribution is -2.12. The maximum atomic E-state index is 13.0. The molecule has 1 N–H and O–H groups in total. The van der Waals surface area contributed by atoms with Gasteiger partial charge in [-0.2, -0.15) is 4.39 Å². The molecule has 3 aromatic rings. The minimum absolute atomic E-state index is 0.221. The van der Waals surface area contributed by atoms with Crippen molar-refractivity contribution in [2.75, 3.05) is 5.32 Å². The van der Waals surface area contributed by atoms with Crippen molar-refractivity contribution in [3.63, 3.8) is 0 Å². The van der Waals surface area contributed by atoms with Crippen molar-refractivity contribution in [3.05, 3.63) is 66.5 Å². The summed E-state index contributed by atoms with van der Waals surface area (Å²) in [5.41, 5.74) is 0.858. The normalized spacial score (nSPS) is 10.4. The Morgan fingerprint density at radius 2 is 2.05 bits per heavy atom. The van der Waals surface area contributed by atoms with Gasteiger partial charge in [-0.15, -0.1) is 0 Å². The van der Waals surface area contributed by atoms with Crippen molar-refractivity contribution in [1.29, 1.82) is 0 Å². The van der Waals surface area contributed by atoms with E-state index in [0.717, 1.165) is 16.8 Å². The number of amides is 1. The molecule has 4 nitrogen and oxygen atoms in total. The highest BCUT2D eigenvalue weighted by molar-refractivity contribution is 6.08. The Labute approximate surface area is 114 Å². The van der Waals surface area contributed by atoms with Crippen molar-refractivity contribution in [2.24, 2.45) is 0 Å². The van der Waals surface area contributed by atoms with E-state index in [9.17, 15) is 9.18 Å². The van der Waals surface area contributed by atoms with Crippen molar-refractivity contribution >= 4 is 22.4 Å². The number of rotatable bonds is 2. The van der Waals surface area contributed by atoms with Crippen LogP contribution in [0, 0.1) is 5.95 Å². The molecule has 0 aliphatic carbocycles. The summed E-state index contributed by atoms with van der Waals surface area (Å²) in [6.07, 6.45) is 4.62. The second kappa shape index (κ2) is 5.05. The highest BCUT2D eigenvalue weighted by Crippen LogP contribution is 2.22. The number of fused-ring (bicyclic) bond motifs is 1. The topological polar surface area (TPSA) is 54.9 Å². The van der Waals surface area contributed by atoms with E-state index >= 15 is 0 Å². The number of nitrogens with zero attached hydrogens (tertiary/aromatic N) is 2. The molecule has 0 fully saturated rings. The van der Waals surface area contributed by atoms with Crippen molar-refractivity contribution in [2.45, 2.75) is 0 Å². The lowest BCUT2D eigenvalue weighted by molar-refractivity contribution is 0.102. The Kier molecular flexibility index (Phi) is 3.09. The summed E-state index contributed by atoms with van der Waals surface area (Å²) >= 11 is 0. The molecule has 0 aliphatic heterocycles. The molecule has 3 rings (SSSR count). The third-order valence-electron chi connectivity index (χ3n) is 2.92. The molecule has 0 unspecified atom stereocenters. The summed E-state index contributed by atoms with van der Waals surface area (Å²) in [6.45, 7) is 0. The highest BCUT2D eigenvalue weighted by Gasteiger charge is 2.09. The van der Waals surface area contributed by atoms with Crippen LogP contribution in [0.5, 0.6) is 0 Å². The van der Waals surface area contributed by atoms with Crippen LogP contribution in [0.3, 0.4) is 0 Å². The lowest BCUT2D eigenvalue weighted by Gasteiger charge is -2.08. The minimum Gasteiger partial charge on any atom is -0.321 e. The average molecular weight is 267 g/mol. The van der Waals surface area contributed by atoms with Gasteiger partial charge in [0.25, 0.3) is 5.91 Å². The van der Waals surface area contributed by atoms with E-state index in [4.69, 9.17) is 0 Å². The standard InChI is InChI=1S/C15H10FN3O/c16-14-8-11(5-7-18-14)15(20)19-13-3-1-2-10-4-6-17-9-12(10)13/h1-9H,(H,19,20). The first-order chi connectivity index (χ1) is 9.74. The van der Waals surface area contributed by atoms with E-state index in [0.29, 0.717) is 5.69 Å². The molecule has 0 atom stereocenters. The summed E-state index contributed by atoms with van der Waals surface area (Å²) in [5, 5.41) is 4.56. The Hall–Kier alpha value is -2.82. The number of nitrogens with one attached hydrogen (secondary N) is 1. The summed E-state index contributed by atoms with van der Waals surface area (Å²) in [6, 6.07) is 9.96. The first-order valence-electron chi connectivity index (χ1n) is 6.00. The average Bonchev–Trinajstić information content (AvgIpc) is 2.47. The fourth-order valence-corrected chi connectivity index (χ4v) is 1.96. The number of carbonyl (C=O) groups excluding carboxylic acids is 1. The van der Waals surface area contributed by atoms with Gasteiger partial charge in [-0.05, 0) is 23.6 Å². The number of pyridine rings is 2. The molecule has 0 saturated heterocycles. The Morgan fingerprint density at radius 1 is 1.15 bits per heavy atom. The van der Waals surface area contributed by atoms with Crippen molar-refractivity contribution in [3.8, 4) is 0 Å². The third kappa shape index (κ3) is 2.33. The predicted molar refractivity (Wildman–Crippen MR) is 73.9 cm³/mol. The number of hydrogen-bond acceptors (Lipinski definition) is 3. The van der Waals surface area contributed by atoms with Crippen molar-refractivity contribution < 1.29 is 9.18 Å². The Bertz CT molecular complexity index is 783. The predicted octanol–water partition coefficient (Wildman–Crippen LogP) is 3.02. The number of halogens is 1. The molecule has 2 aromatic heterocycles. The van der Waals surface area contributed by atoms with Gasteiger partial charge in [0.2, 0.25) is 5.95 Å². The van der Waals surface area contributed by atoms with Crippen LogP contribution in [-0.2, 0) is 0 Å². The van der Waals surface area contributed by atoms with Gasteiger partial charge >= 0.3 is 0 Å². The molecular weight excluding hydrogens is 257 g/mol. The van der Waals surface area contributed by atoms with Gasteiger partial charge in [-0.1, -0.05) is 12.1 Å². The molecule has 1 aromatic carbocycles. The van der Waals surface area contributed by atoms with E-state index in [1.807, 2.05) is 18.2 Å². The molecule has 98 valence electrons. The van der Waals surface area contributed by atoms with Gasteiger partial charge in [0.05, 0.1) is 5.69 Å². The monoisotopic (exact) mass is 267 g/mol. The molecule has 5 heteroatoms. The number of carbonyl (C=O) groups is 1. The van der Waals surface area contributed by atoms with Crippen LogP contribution in [-0.4, -0.2) is 15.9 Å². The van der Waals surface area contributed by atoms with Crippen LogP contribution in [0.25, 0.3) is 10.8 Å². The molecule has 0 aliphatic rings. The van der Waals surface area contributed by atoms with Crippen LogP contribution in [0.4, 0.5) is 10.1 Å². The van der Waals surface area contributed by atoms with E-state index in [-0.39, 0.29) is 11.5 Å². The Morgan fingerprint density at radius 3 is 2.90 bits per heavy atom. The van der Waals surface area contributed by atoms with Crippen LogP contribution in [0.2, 0.25) is 0 Å². The van der Waals surface area contributed by atoms with E-state index in [2.05, 4.69) is 15.3 Å². The zero-order valence-electron chi connectivity index (χ0n) is 10.4. The SMILES string of the molecule is O=C(Nc1cccc2ccncc12)c1ccnc(F)c1. The van der Waals surface area contributed by atoms with Crippen LogP contribution < -0.4 is 5.32 Å². The Balaban J connectivity index is 1.95. The largest absolute Gasteiger partial charge is 0.321 e. The van der Waals surface area contributed by atoms with E-state index in [1.165, 1.54) is 12.3 Å². The minimum atomic E-state index is -0.683. The fraction of sp³-hybridized carbons (Fsp3) is 0. The first-order valence-corrected chi connectivity index (χ1v) is 6.00. The molecule has 0 saturated carbocycles. The molecular formula is C15H10FN3O. The summed E-state index contributed by atoms with van der Waals surface area (Å²) < 4.78 is 13.0. The zero-order valence-corrected chi connectivity index (χ0v) is 10.4. The first kappa shape index (κ1) is 12.2. The number of benzene rings is 1. The molecule has 2 heterocycles. The smallest absolute Gasteiger partial charge is 0.255 e. The van der Waals surface area contributed by atoms with E-state index in [1.54, 1.807) is 18.5 Å². The third-order valence-corrected chi connectivity index (χ3v) is 2.92. The van der Waals surface area contributed by atoms with Gasteiger partial charge in [0, 0.05) is 35.6 Å². The quantitative estimate of drug-likeness (QED) is 0.726. The van der Waals surface area contributed by atoms with Crippen molar-refractivity contribution in [1.82, 2.24) is 9.97 Å². The molecule has 20 heavy (non-hydrogen) atoms.